The summed E-state index contributed by atoms with van der Waals surface area (Å²) in [7, 11) is 1.62. The lowest BCUT2D eigenvalue weighted by Gasteiger charge is -2.10. The van der Waals surface area contributed by atoms with Gasteiger partial charge in [0, 0.05) is 24.4 Å². The van der Waals surface area contributed by atoms with Gasteiger partial charge in [0.1, 0.15) is 23.2 Å². The van der Waals surface area contributed by atoms with Crippen molar-refractivity contribution in [3.05, 3.63) is 83.6 Å². The first-order valence-corrected chi connectivity index (χ1v) is 8.65. The number of para-hydroxylation sites is 1. The molecule has 0 aliphatic heterocycles. The summed E-state index contributed by atoms with van der Waals surface area (Å²) in [6, 6.07) is 13.8. The molecule has 0 saturated carbocycles. The van der Waals surface area contributed by atoms with Crippen LogP contribution in [0.4, 0.5) is 20.3 Å². The Kier molecular flexibility index (Phi) is 6.16. The molecule has 1 heterocycles. The van der Waals surface area contributed by atoms with E-state index in [9.17, 15) is 13.6 Å². The third-order valence-electron chi connectivity index (χ3n) is 4.09. The number of carbonyl (C=O) groups is 1. The Morgan fingerprint density at radius 1 is 1.11 bits per heavy atom. The highest BCUT2D eigenvalue weighted by atomic mass is 19.1. The average molecular weight is 383 g/mol. The second kappa shape index (κ2) is 8.94. The van der Waals surface area contributed by atoms with Crippen molar-refractivity contribution < 1.29 is 18.3 Å². The fourth-order valence-corrected chi connectivity index (χ4v) is 2.69. The fourth-order valence-electron chi connectivity index (χ4n) is 2.69. The van der Waals surface area contributed by atoms with Crippen molar-refractivity contribution in [2.75, 3.05) is 24.3 Å². The number of nitrogens with one attached hydrogen (secondary N) is 2. The van der Waals surface area contributed by atoms with Gasteiger partial charge in [-0.25, -0.2) is 13.8 Å². The predicted molar refractivity (Wildman–Crippen MR) is 104 cm³/mol. The minimum Gasteiger partial charge on any atom is -0.496 e. The quantitative estimate of drug-likeness (QED) is 0.639. The molecule has 0 saturated heterocycles. The van der Waals surface area contributed by atoms with Gasteiger partial charge < -0.3 is 15.4 Å². The highest BCUT2D eigenvalue weighted by Gasteiger charge is 2.11. The Morgan fingerprint density at radius 2 is 1.93 bits per heavy atom. The highest BCUT2D eigenvalue weighted by molar-refractivity contribution is 6.04. The van der Waals surface area contributed by atoms with Crippen LogP contribution in [-0.4, -0.2) is 24.5 Å². The molecular formula is C21H19F2N3O2. The summed E-state index contributed by atoms with van der Waals surface area (Å²) < 4.78 is 32.0. The molecule has 7 heteroatoms. The normalized spacial score (nSPS) is 10.4. The van der Waals surface area contributed by atoms with Crippen LogP contribution in [0.2, 0.25) is 0 Å². The molecule has 0 spiro atoms. The van der Waals surface area contributed by atoms with Crippen molar-refractivity contribution in [2.45, 2.75) is 6.42 Å². The number of hydrogen-bond donors (Lipinski definition) is 2. The Hall–Kier alpha value is -3.48. The molecule has 3 aromatic rings. The van der Waals surface area contributed by atoms with Gasteiger partial charge >= 0.3 is 0 Å². The number of hydrogen-bond acceptors (Lipinski definition) is 4. The van der Waals surface area contributed by atoms with E-state index in [1.54, 1.807) is 13.2 Å². The first-order chi connectivity index (χ1) is 13.6. The van der Waals surface area contributed by atoms with E-state index in [2.05, 4.69) is 15.6 Å². The standard InChI is InChI=1S/C21H19F2N3O2/c1-28-19-5-3-2-4-14(19)8-10-24-20-12-15(9-11-25-20)21(27)26-18-7-6-16(22)13-17(18)23/h2-7,9,11-13H,8,10H2,1H3,(H,24,25)(H,26,27). The van der Waals surface area contributed by atoms with Crippen molar-refractivity contribution in [3.8, 4) is 5.75 Å². The van der Waals surface area contributed by atoms with E-state index < -0.39 is 17.5 Å². The first kappa shape index (κ1) is 19.3. The van der Waals surface area contributed by atoms with E-state index in [4.69, 9.17) is 4.74 Å². The van der Waals surface area contributed by atoms with Gasteiger partial charge in [-0.05, 0) is 42.3 Å². The molecule has 0 aliphatic rings. The van der Waals surface area contributed by atoms with Crippen LogP contribution in [0.5, 0.6) is 5.75 Å². The van der Waals surface area contributed by atoms with Gasteiger partial charge in [0.15, 0.2) is 0 Å². The maximum atomic E-state index is 13.7. The van der Waals surface area contributed by atoms with Crippen molar-refractivity contribution >= 4 is 17.4 Å². The smallest absolute Gasteiger partial charge is 0.255 e. The minimum atomic E-state index is -0.836. The number of amides is 1. The lowest BCUT2D eigenvalue weighted by molar-refractivity contribution is 0.102. The number of benzene rings is 2. The second-order valence-electron chi connectivity index (χ2n) is 6.00. The van der Waals surface area contributed by atoms with Gasteiger partial charge in [-0.2, -0.15) is 0 Å². The van der Waals surface area contributed by atoms with E-state index in [1.807, 2.05) is 24.3 Å². The Labute approximate surface area is 161 Å². The molecule has 0 fully saturated rings. The van der Waals surface area contributed by atoms with Gasteiger partial charge in [0.2, 0.25) is 0 Å². The van der Waals surface area contributed by atoms with Crippen LogP contribution in [0.15, 0.2) is 60.8 Å². The molecule has 0 radical (unpaired) electrons. The fraction of sp³-hybridized carbons (Fsp3) is 0.143. The molecule has 2 N–H and O–H groups in total. The van der Waals surface area contributed by atoms with Gasteiger partial charge in [-0.15, -0.1) is 0 Å². The predicted octanol–water partition coefficient (Wildman–Crippen LogP) is 4.28. The largest absolute Gasteiger partial charge is 0.496 e. The zero-order valence-electron chi connectivity index (χ0n) is 15.2. The lowest BCUT2D eigenvalue weighted by Crippen LogP contribution is -2.14. The molecule has 0 unspecified atom stereocenters. The Morgan fingerprint density at radius 3 is 2.71 bits per heavy atom. The molecule has 3 rings (SSSR count). The second-order valence-corrected chi connectivity index (χ2v) is 6.00. The molecule has 0 bridgehead atoms. The van der Waals surface area contributed by atoms with Gasteiger partial charge in [-0.3, -0.25) is 4.79 Å². The summed E-state index contributed by atoms with van der Waals surface area (Å²) in [4.78, 5) is 16.5. The Bertz CT molecular complexity index is 979. The SMILES string of the molecule is COc1ccccc1CCNc1cc(C(=O)Nc2ccc(F)cc2F)ccn1. The Balaban J connectivity index is 1.62. The molecule has 2 aromatic carbocycles. The number of halogens is 2. The lowest BCUT2D eigenvalue weighted by atomic mass is 10.1. The first-order valence-electron chi connectivity index (χ1n) is 8.65. The zero-order valence-corrected chi connectivity index (χ0v) is 15.2. The maximum Gasteiger partial charge on any atom is 0.255 e. The summed E-state index contributed by atoms with van der Waals surface area (Å²) in [5.41, 5.74) is 1.27. The average Bonchev–Trinajstić information content (AvgIpc) is 2.70. The van der Waals surface area contributed by atoms with Crippen LogP contribution >= 0.6 is 0 Å². The van der Waals surface area contributed by atoms with Crippen LogP contribution in [0.1, 0.15) is 15.9 Å². The number of ether oxygens (including phenoxy) is 1. The maximum absolute atomic E-state index is 13.7. The number of pyridine rings is 1. The number of methoxy groups -OCH3 is 1. The third-order valence-corrected chi connectivity index (χ3v) is 4.09. The number of aromatic nitrogens is 1. The summed E-state index contributed by atoms with van der Waals surface area (Å²) in [5.74, 6) is -0.729. The highest BCUT2D eigenvalue weighted by Crippen LogP contribution is 2.19. The van der Waals surface area contributed by atoms with Gasteiger partial charge in [-0.1, -0.05) is 18.2 Å². The monoisotopic (exact) mass is 383 g/mol. The topological polar surface area (TPSA) is 63.2 Å². The summed E-state index contributed by atoms with van der Waals surface area (Å²) >= 11 is 0. The van der Waals surface area contributed by atoms with Crippen molar-refractivity contribution in [1.29, 1.82) is 0 Å². The van der Waals surface area contributed by atoms with Gasteiger partial charge in [0.25, 0.3) is 5.91 Å². The molecule has 144 valence electrons. The molecular weight excluding hydrogens is 364 g/mol. The number of carbonyl (C=O) groups excluding carboxylic acids is 1. The molecule has 1 amide bonds. The zero-order chi connectivity index (χ0) is 19.9. The van der Waals surface area contributed by atoms with E-state index >= 15 is 0 Å². The third kappa shape index (κ3) is 4.82. The number of nitrogens with zero attached hydrogens (tertiary/aromatic N) is 1. The van der Waals surface area contributed by atoms with Crippen LogP contribution < -0.4 is 15.4 Å². The molecule has 1 aromatic heterocycles. The van der Waals surface area contributed by atoms with Crippen LogP contribution in [0, 0.1) is 11.6 Å². The summed E-state index contributed by atoms with van der Waals surface area (Å²) in [6.45, 7) is 0.588. The van der Waals surface area contributed by atoms with E-state index in [1.165, 1.54) is 18.3 Å². The van der Waals surface area contributed by atoms with Crippen LogP contribution in [0.3, 0.4) is 0 Å². The number of anilines is 2. The van der Waals surface area contributed by atoms with E-state index in [0.29, 0.717) is 30.4 Å². The van der Waals surface area contributed by atoms with Crippen LogP contribution in [0.25, 0.3) is 0 Å². The van der Waals surface area contributed by atoms with Crippen molar-refractivity contribution in [3.63, 3.8) is 0 Å². The van der Waals surface area contributed by atoms with Crippen molar-refractivity contribution in [1.82, 2.24) is 4.98 Å². The van der Waals surface area contributed by atoms with E-state index in [0.717, 1.165) is 17.4 Å². The minimum absolute atomic E-state index is 0.0890. The summed E-state index contributed by atoms with van der Waals surface area (Å²) in [6.07, 6.45) is 2.20. The molecule has 28 heavy (non-hydrogen) atoms. The van der Waals surface area contributed by atoms with Gasteiger partial charge in [0.05, 0.1) is 12.8 Å². The summed E-state index contributed by atoms with van der Waals surface area (Å²) in [5, 5.41) is 5.58. The molecule has 5 nitrogen and oxygen atoms in total. The number of rotatable bonds is 7. The van der Waals surface area contributed by atoms with E-state index in [-0.39, 0.29) is 5.69 Å². The molecule has 0 aliphatic carbocycles. The van der Waals surface area contributed by atoms with Crippen molar-refractivity contribution in [2.24, 2.45) is 0 Å². The van der Waals surface area contributed by atoms with Crippen LogP contribution in [-0.2, 0) is 6.42 Å². The molecule has 0 atom stereocenters.